The second kappa shape index (κ2) is 6.65. The fourth-order valence-corrected chi connectivity index (χ4v) is 1.82. The molecule has 0 heterocycles. The van der Waals surface area contributed by atoms with Crippen molar-refractivity contribution in [2.75, 3.05) is 6.61 Å². The zero-order valence-electron chi connectivity index (χ0n) is 11.5. The maximum absolute atomic E-state index is 5.89. The van der Waals surface area contributed by atoms with Crippen molar-refractivity contribution >= 4 is 0 Å². The van der Waals surface area contributed by atoms with Gasteiger partial charge in [-0.05, 0) is 42.9 Å². The highest BCUT2D eigenvalue weighted by atomic mass is 16.5. The first-order valence-electron chi connectivity index (χ1n) is 6.55. The molecule has 2 N–H and O–H groups in total. The summed E-state index contributed by atoms with van der Waals surface area (Å²) in [4.78, 5) is 0. The summed E-state index contributed by atoms with van der Waals surface area (Å²) in [7, 11) is 0. The van der Waals surface area contributed by atoms with Gasteiger partial charge < -0.3 is 10.5 Å². The second-order valence-electron chi connectivity index (χ2n) is 5.05. The SMILES string of the molecule is CCCOc1ccc(C(C)C)cc1CC(C)N. The average Bonchev–Trinajstić information content (AvgIpc) is 2.26. The van der Waals surface area contributed by atoms with Crippen LogP contribution in [0.5, 0.6) is 5.75 Å². The predicted octanol–water partition coefficient (Wildman–Crippen LogP) is 3.49. The number of benzene rings is 1. The highest BCUT2D eigenvalue weighted by Gasteiger charge is 2.09. The van der Waals surface area contributed by atoms with Crippen molar-refractivity contribution in [3.8, 4) is 5.75 Å². The van der Waals surface area contributed by atoms with E-state index < -0.39 is 0 Å². The smallest absolute Gasteiger partial charge is 0.122 e. The van der Waals surface area contributed by atoms with Gasteiger partial charge in [-0.3, -0.25) is 0 Å². The van der Waals surface area contributed by atoms with E-state index in [9.17, 15) is 0 Å². The summed E-state index contributed by atoms with van der Waals surface area (Å²) in [5.41, 5.74) is 8.48. The highest BCUT2D eigenvalue weighted by molar-refractivity contribution is 5.39. The van der Waals surface area contributed by atoms with Gasteiger partial charge in [-0.1, -0.05) is 32.9 Å². The Labute approximate surface area is 105 Å². The first-order chi connectivity index (χ1) is 8.04. The van der Waals surface area contributed by atoms with E-state index in [-0.39, 0.29) is 6.04 Å². The van der Waals surface area contributed by atoms with Crippen LogP contribution in [-0.2, 0) is 6.42 Å². The predicted molar refractivity (Wildman–Crippen MR) is 73.7 cm³/mol. The molecule has 1 atom stereocenters. The van der Waals surface area contributed by atoms with E-state index in [2.05, 4.69) is 39.0 Å². The molecule has 0 aliphatic rings. The van der Waals surface area contributed by atoms with E-state index in [1.165, 1.54) is 11.1 Å². The Hall–Kier alpha value is -1.02. The van der Waals surface area contributed by atoms with E-state index in [4.69, 9.17) is 10.5 Å². The van der Waals surface area contributed by atoms with Crippen molar-refractivity contribution in [1.29, 1.82) is 0 Å². The van der Waals surface area contributed by atoms with Crippen LogP contribution < -0.4 is 10.5 Å². The summed E-state index contributed by atoms with van der Waals surface area (Å²) in [5.74, 6) is 1.54. The fraction of sp³-hybridized carbons (Fsp3) is 0.600. The van der Waals surface area contributed by atoms with Crippen LogP contribution in [0.4, 0.5) is 0 Å². The van der Waals surface area contributed by atoms with Crippen molar-refractivity contribution in [2.45, 2.75) is 52.5 Å². The highest BCUT2D eigenvalue weighted by Crippen LogP contribution is 2.25. The van der Waals surface area contributed by atoms with Crippen LogP contribution in [0.15, 0.2) is 18.2 Å². The Morgan fingerprint density at radius 3 is 2.47 bits per heavy atom. The largest absolute Gasteiger partial charge is 0.493 e. The minimum atomic E-state index is 0.168. The molecule has 17 heavy (non-hydrogen) atoms. The Morgan fingerprint density at radius 2 is 1.94 bits per heavy atom. The molecule has 0 spiro atoms. The molecule has 1 aromatic rings. The molecular formula is C15H25NO. The summed E-state index contributed by atoms with van der Waals surface area (Å²) in [6.45, 7) is 9.33. The van der Waals surface area contributed by atoms with Crippen molar-refractivity contribution in [3.63, 3.8) is 0 Å². The fourth-order valence-electron chi connectivity index (χ4n) is 1.82. The Kier molecular flexibility index (Phi) is 5.49. The molecule has 2 nitrogen and oxygen atoms in total. The molecular weight excluding hydrogens is 210 g/mol. The van der Waals surface area contributed by atoms with Gasteiger partial charge in [0, 0.05) is 6.04 Å². The number of rotatable bonds is 6. The van der Waals surface area contributed by atoms with Crippen LogP contribution in [0, 0.1) is 0 Å². The van der Waals surface area contributed by atoms with E-state index in [1.54, 1.807) is 0 Å². The lowest BCUT2D eigenvalue weighted by Gasteiger charge is -2.15. The third kappa shape index (κ3) is 4.39. The van der Waals surface area contributed by atoms with Gasteiger partial charge in [-0.15, -0.1) is 0 Å². The van der Waals surface area contributed by atoms with Gasteiger partial charge in [0.1, 0.15) is 5.75 Å². The third-order valence-corrected chi connectivity index (χ3v) is 2.75. The van der Waals surface area contributed by atoms with Crippen molar-refractivity contribution in [1.82, 2.24) is 0 Å². The maximum Gasteiger partial charge on any atom is 0.122 e. The van der Waals surface area contributed by atoms with E-state index >= 15 is 0 Å². The van der Waals surface area contributed by atoms with E-state index in [1.807, 2.05) is 6.92 Å². The molecule has 0 aliphatic carbocycles. The van der Waals surface area contributed by atoms with Crippen molar-refractivity contribution in [2.24, 2.45) is 5.73 Å². The Balaban J connectivity index is 2.94. The van der Waals surface area contributed by atoms with E-state index in [0.717, 1.165) is 25.2 Å². The van der Waals surface area contributed by atoms with Gasteiger partial charge in [0.05, 0.1) is 6.61 Å². The molecule has 0 saturated carbocycles. The van der Waals surface area contributed by atoms with Gasteiger partial charge in [-0.2, -0.15) is 0 Å². The average molecular weight is 235 g/mol. The number of nitrogens with two attached hydrogens (primary N) is 1. The molecule has 0 fully saturated rings. The van der Waals surface area contributed by atoms with Crippen molar-refractivity contribution in [3.05, 3.63) is 29.3 Å². The Bertz CT molecular complexity index is 345. The van der Waals surface area contributed by atoms with E-state index in [0.29, 0.717) is 5.92 Å². The minimum absolute atomic E-state index is 0.168. The molecule has 0 amide bonds. The normalized spacial score (nSPS) is 12.8. The van der Waals surface area contributed by atoms with Crippen LogP contribution in [-0.4, -0.2) is 12.6 Å². The number of hydrogen-bond donors (Lipinski definition) is 1. The standard InChI is InChI=1S/C15H25NO/c1-5-8-17-15-7-6-13(11(2)3)10-14(15)9-12(4)16/h6-7,10-12H,5,8-9,16H2,1-4H3. The summed E-state index contributed by atoms with van der Waals surface area (Å²) in [6, 6.07) is 6.64. The molecule has 1 unspecified atom stereocenters. The lowest BCUT2D eigenvalue weighted by Crippen LogP contribution is -2.18. The number of ether oxygens (including phenoxy) is 1. The van der Waals surface area contributed by atoms with Gasteiger partial charge >= 0.3 is 0 Å². The molecule has 0 bridgehead atoms. The first kappa shape index (κ1) is 14.0. The molecule has 1 rings (SSSR count). The quantitative estimate of drug-likeness (QED) is 0.819. The second-order valence-corrected chi connectivity index (χ2v) is 5.05. The van der Waals surface area contributed by atoms with Gasteiger partial charge in [0.2, 0.25) is 0 Å². The van der Waals surface area contributed by atoms with Gasteiger partial charge in [0.15, 0.2) is 0 Å². The first-order valence-corrected chi connectivity index (χ1v) is 6.55. The summed E-state index contributed by atoms with van der Waals surface area (Å²) < 4.78 is 5.77. The maximum atomic E-state index is 5.89. The monoisotopic (exact) mass is 235 g/mol. The summed E-state index contributed by atoms with van der Waals surface area (Å²) in [5, 5.41) is 0. The Morgan fingerprint density at radius 1 is 1.24 bits per heavy atom. The summed E-state index contributed by atoms with van der Waals surface area (Å²) >= 11 is 0. The van der Waals surface area contributed by atoms with Gasteiger partial charge in [0.25, 0.3) is 0 Å². The molecule has 0 radical (unpaired) electrons. The van der Waals surface area contributed by atoms with Gasteiger partial charge in [-0.25, -0.2) is 0 Å². The van der Waals surface area contributed by atoms with Crippen LogP contribution in [0.25, 0.3) is 0 Å². The number of hydrogen-bond acceptors (Lipinski definition) is 2. The van der Waals surface area contributed by atoms with Crippen LogP contribution >= 0.6 is 0 Å². The van der Waals surface area contributed by atoms with Crippen molar-refractivity contribution < 1.29 is 4.74 Å². The summed E-state index contributed by atoms with van der Waals surface area (Å²) in [6.07, 6.45) is 1.91. The third-order valence-electron chi connectivity index (χ3n) is 2.75. The molecule has 96 valence electrons. The molecule has 2 heteroatoms. The zero-order valence-corrected chi connectivity index (χ0v) is 11.5. The molecule has 0 aromatic heterocycles. The molecule has 0 saturated heterocycles. The van der Waals surface area contributed by atoms with Crippen LogP contribution in [0.3, 0.4) is 0 Å². The van der Waals surface area contributed by atoms with Crippen LogP contribution in [0.1, 0.15) is 51.2 Å². The topological polar surface area (TPSA) is 35.2 Å². The lowest BCUT2D eigenvalue weighted by atomic mass is 9.97. The molecule has 0 aliphatic heterocycles. The van der Waals surface area contributed by atoms with Crippen LogP contribution in [0.2, 0.25) is 0 Å². The minimum Gasteiger partial charge on any atom is -0.493 e. The lowest BCUT2D eigenvalue weighted by molar-refractivity contribution is 0.313. The zero-order chi connectivity index (χ0) is 12.8. The molecule has 1 aromatic carbocycles.